The molecule has 2 aromatic heterocycles. The molecule has 1 aliphatic rings. The highest BCUT2D eigenvalue weighted by atomic mass is 28.4. The summed E-state index contributed by atoms with van der Waals surface area (Å²) in [6, 6.07) is 0. The molecular weight excluding hydrogens is 394 g/mol. The Morgan fingerprint density at radius 3 is 2.79 bits per heavy atom. The Morgan fingerprint density at radius 2 is 2.17 bits per heavy atom. The van der Waals surface area contributed by atoms with Crippen LogP contribution in [0.15, 0.2) is 11.1 Å². The second kappa shape index (κ2) is 7.63. The fourth-order valence-corrected chi connectivity index (χ4v) is 3.92. The van der Waals surface area contributed by atoms with Gasteiger partial charge in [-0.15, -0.1) is 0 Å². The molecule has 3 N–H and O–H groups in total. The van der Waals surface area contributed by atoms with E-state index in [-0.39, 0.29) is 28.1 Å². The molecule has 0 saturated carbocycles. The van der Waals surface area contributed by atoms with Gasteiger partial charge in [0.25, 0.3) is 5.56 Å². The Morgan fingerprint density at radius 1 is 1.48 bits per heavy atom. The number of rotatable bonds is 5. The van der Waals surface area contributed by atoms with Crippen LogP contribution in [-0.2, 0) is 14.0 Å². The molecule has 0 unspecified atom stereocenters. The maximum absolute atomic E-state index is 12.2. The molecule has 0 bridgehead atoms. The Balaban J connectivity index is 1.80. The Hall–Kier alpha value is -2.08. The summed E-state index contributed by atoms with van der Waals surface area (Å²) in [5.74, 6) is -0.318. The molecular formula is C18H29N5O5Si. The van der Waals surface area contributed by atoms with Crippen molar-refractivity contribution >= 4 is 31.3 Å². The van der Waals surface area contributed by atoms with Crippen LogP contribution in [0, 0.1) is 0 Å². The number of fused-ring (bicyclic) bond motifs is 1. The van der Waals surface area contributed by atoms with Gasteiger partial charge in [0.05, 0.1) is 19.0 Å². The van der Waals surface area contributed by atoms with E-state index in [2.05, 4.69) is 54.1 Å². The first kappa shape index (κ1) is 21.6. The molecule has 0 aromatic carbocycles. The SMILES string of the molecule is CC(=O)Nc1nc2c(ncn2[C@H]2C[C@@H](O)[C@@H](CO[Si](C)(C)C(C)(C)C)O2)c(=O)[nH]1. The zero-order valence-corrected chi connectivity index (χ0v) is 18.6. The van der Waals surface area contributed by atoms with Crippen molar-refractivity contribution in [2.75, 3.05) is 11.9 Å². The van der Waals surface area contributed by atoms with Crippen molar-refractivity contribution in [3.05, 3.63) is 16.7 Å². The highest BCUT2D eigenvalue weighted by Gasteiger charge is 2.41. The monoisotopic (exact) mass is 423 g/mol. The summed E-state index contributed by atoms with van der Waals surface area (Å²) in [5.41, 5.74) is -0.0484. The number of aliphatic hydroxyl groups is 1. The molecule has 29 heavy (non-hydrogen) atoms. The molecule has 1 fully saturated rings. The van der Waals surface area contributed by atoms with Gasteiger partial charge in [0, 0.05) is 13.3 Å². The number of aromatic nitrogens is 4. The highest BCUT2D eigenvalue weighted by molar-refractivity contribution is 6.74. The first-order chi connectivity index (χ1) is 13.4. The van der Waals surface area contributed by atoms with Crippen LogP contribution < -0.4 is 10.9 Å². The third-order valence-corrected chi connectivity index (χ3v) is 10.2. The van der Waals surface area contributed by atoms with E-state index in [1.165, 1.54) is 13.3 Å². The lowest BCUT2D eigenvalue weighted by Crippen LogP contribution is -2.43. The van der Waals surface area contributed by atoms with Gasteiger partial charge in [0.2, 0.25) is 11.9 Å². The normalized spacial score (nSPS) is 22.9. The number of H-pyrrole nitrogens is 1. The van der Waals surface area contributed by atoms with Gasteiger partial charge in [-0.2, -0.15) is 4.98 Å². The third-order valence-electron chi connectivity index (χ3n) is 5.66. The van der Waals surface area contributed by atoms with E-state index in [4.69, 9.17) is 9.16 Å². The van der Waals surface area contributed by atoms with Crippen molar-refractivity contribution in [3.8, 4) is 0 Å². The number of aromatic amines is 1. The first-order valence-electron chi connectivity index (χ1n) is 9.61. The summed E-state index contributed by atoms with van der Waals surface area (Å²) >= 11 is 0. The van der Waals surface area contributed by atoms with Gasteiger partial charge < -0.3 is 14.3 Å². The summed E-state index contributed by atoms with van der Waals surface area (Å²) in [6.07, 6.45) is 0.0461. The lowest BCUT2D eigenvalue weighted by molar-refractivity contribution is -0.114. The largest absolute Gasteiger partial charge is 0.414 e. The molecule has 3 heterocycles. The average molecular weight is 424 g/mol. The summed E-state index contributed by atoms with van der Waals surface area (Å²) in [7, 11) is -1.97. The first-order valence-corrected chi connectivity index (χ1v) is 12.5. The van der Waals surface area contributed by atoms with Crippen molar-refractivity contribution in [2.24, 2.45) is 0 Å². The number of ether oxygens (including phenoxy) is 1. The molecule has 0 radical (unpaired) electrons. The van der Waals surface area contributed by atoms with E-state index >= 15 is 0 Å². The fraction of sp³-hybridized carbons (Fsp3) is 0.667. The molecule has 11 heteroatoms. The predicted octanol–water partition coefficient (Wildman–Crippen LogP) is 1.75. The van der Waals surface area contributed by atoms with Gasteiger partial charge in [-0.05, 0) is 18.1 Å². The maximum atomic E-state index is 12.2. The van der Waals surface area contributed by atoms with Crippen LogP contribution in [-0.4, -0.2) is 57.7 Å². The molecule has 1 aliphatic heterocycles. The van der Waals surface area contributed by atoms with Gasteiger partial charge in [-0.1, -0.05) is 20.8 Å². The molecule has 0 spiro atoms. The molecule has 1 amide bonds. The summed E-state index contributed by atoms with van der Waals surface area (Å²) in [5, 5.41) is 13.0. The van der Waals surface area contributed by atoms with Crippen LogP contribution in [0.4, 0.5) is 5.95 Å². The fourth-order valence-electron chi connectivity index (χ4n) is 2.91. The number of nitrogens with zero attached hydrogens (tertiary/aromatic N) is 3. The Labute approximate surface area is 169 Å². The molecule has 3 rings (SSSR count). The van der Waals surface area contributed by atoms with E-state index in [1.807, 2.05) is 0 Å². The quantitative estimate of drug-likeness (QED) is 0.624. The van der Waals surface area contributed by atoms with Gasteiger partial charge >= 0.3 is 0 Å². The number of carbonyl (C=O) groups excluding carboxylic acids is 1. The second-order valence-corrected chi connectivity index (χ2v) is 13.7. The number of hydrogen-bond acceptors (Lipinski definition) is 7. The van der Waals surface area contributed by atoms with Crippen molar-refractivity contribution in [2.45, 2.75) is 70.7 Å². The van der Waals surface area contributed by atoms with E-state index in [1.54, 1.807) is 4.57 Å². The zero-order valence-electron chi connectivity index (χ0n) is 17.6. The molecule has 0 aliphatic carbocycles. The highest BCUT2D eigenvalue weighted by Crippen LogP contribution is 2.38. The molecule has 10 nitrogen and oxygen atoms in total. The minimum Gasteiger partial charge on any atom is -0.414 e. The van der Waals surface area contributed by atoms with E-state index < -0.39 is 32.3 Å². The van der Waals surface area contributed by atoms with E-state index in [0.717, 1.165) is 0 Å². The smallest absolute Gasteiger partial charge is 0.280 e. The zero-order chi connectivity index (χ0) is 21.6. The van der Waals surface area contributed by atoms with Gasteiger partial charge in [0.15, 0.2) is 19.5 Å². The van der Waals surface area contributed by atoms with Crippen molar-refractivity contribution in [1.29, 1.82) is 0 Å². The van der Waals surface area contributed by atoms with Crippen LogP contribution in [0.2, 0.25) is 18.1 Å². The average Bonchev–Trinajstić information content (AvgIpc) is 3.15. The number of aliphatic hydroxyl groups excluding tert-OH is 1. The minimum absolute atomic E-state index is 0.0353. The number of carbonyl (C=O) groups is 1. The number of imidazole rings is 1. The topological polar surface area (TPSA) is 131 Å². The van der Waals surface area contributed by atoms with Crippen LogP contribution in [0.1, 0.15) is 40.3 Å². The molecule has 3 atom stereocenters. The van der Waals surface area contributed by atoms with Crippen LogP contribution >= 0.6 is 0 Å². The Bertz CT molecular complexity index is 964. The molecule has 2 aromatic rings. The van der Waals surface area contributed by atoms with Crippen molar-refractivity contribution in [1.82, 2.24) is 19.5 Å². The van der Waals surface area contributed by atoms with Crippen molar-refractivity contribution < 1.29 is 19.1 Å². The Kier molecular flexibility index (Phi) is 5.69. The van der Waals surface area contributed by atoms with Crippen LogP contribution in [0.5, 0.6) is 0 Å². The lowest BCUT2D eigenvalue weighted by atomic mass is 10.2. The van der Waals surface area contributed by atoms with Gasteiger partial charge in [-0.3, -0.25) is 24.5 Å². The maximum Gasteiger partial charge on any atom is 0.280 e. The van der Waals surface area contributed by atoms with E-state index in [9.17, 15) is 14.7 Å². The number of anilines is 1. The summed E-state index contributed by atoms with van der Waals surface area (Å²) in [4.78, 5) is 34.4. The molecule has 1 saturated heterocycles. The van der Waals surface area contributed by atoms with Crippen molar-refractivity contribution in [3.63, 3.8) is 0 Å². The van der Waals surface area contributed by atoms with Gasteiger partial charge in [0.1, 0.15) is 12.3 Å². The van der Waals surface area contributed by atoms with Gasteiger partial charge in [-0.25, -0.2) is 4.98 Å². The number of nitrogens with one attached hydrogen (secondary N) is 2. The van der Waals surface area contributed by atoms with E-state index in [0.29, 0.717) is 13.0 Å². The van der Waals surface area contributed by atoms with Crippen LogP contribution in [0.3, 0.4) is 0 Å². The third kappa shape index (κ3) is 4.42. The summed E-state index contributed by atoms with van der Waals surface area (Å²) < 4.78 is 13.8. The van der Waals surface area contributed by atoms with Crippen LogP contribution in [0.25, 0.3) is 11.2 Å². The second-order valence-electron chi connectivity index (χ2n) is 8.92. The minimum atomic E-state index is -1.97. The summed E-state index contributed by atoms with van der Waals surface area (Å²) in [6.45, 7) is 12.4. The lowest BCUT2D eigenvalue weighted by Gasteiger charge is -2.37. The molecule has 160 valence electrons. The number of amides is 1. The number of hydrogen-bond donors (Lipinski definition) is 3. The standard InChI is InChI=1S/C18H29N5O5Si/c1-10(24)20-17-21-15-14(16(26)22-17)19-9-23(15)13-7-11(25)12(28-13)8-27-29(5,6)18(2,3)4/h9,11-13,25H,7-8H2,1-6H3,(H2,20,21,22,24,26)/t11-,12-,13-/m1/s1. The predicted molar refractivity (Wildman–Crippen MR) is 110 cm³/mol.